The normalized spacial score (nSPS) is 18.5. The van der Waals surface area contributed by atoms with Gasteiger partial charge in [-0.1, -0.05) is 71.3 Å². The summed E-state index contributed by atoms with van der Waals surface area (Å²) in [5.41, 5.74) is 2.13. The second-order valence-corrected chi connectivity index (χ2v) is 20.5. The smallest absolute Gasteiger partial charge is 0.325 e. The molecule has 19 heteroatoms. The third-order valence-electron chi connectivity index (χ3n) is 12.1. The first-order chi connectivity index (χ1) is 30.8. The molecule has 348 valence electrons. The maximum atomic E-state index is 13.4. The van der Waals surface area contributed by atoms with Crippen LogP contribution in [0.25, 0.3) is 22.1 Å². The number of carbonyl (C=O) groups is 4. The molecular weight excluding hydrogens is 893 g/mol. The number of nitriles is 2. The van der Waals surface area contributed by atoms with E-state index in [9.17, 15) is 24.4 Å². The highest BCUT2D eigenvalue weighted by molar-refractivity contribution is 9.08. The van der Waals surface area contributed by atoms with Crippen molar-refractivity contribution < 1.29 is 19.2 Å². The lowest BCUT2D eigenvalue weighted by molar-refractivity contribution is -0.133. The van der Waals surface area contributed by atoms with Gasteiger partial charge in [0.25, 0.3) is 11.8 Å². The topological polar surface area (TPSA) is 223 Å². The molecule has 8 heterocycles. The van der Waals surface area contributed by atoms with E-state index in [1.54, 1.807) is 12.4 Å². The fraction of sp³-hybridized carbons (Fsp3) is 0.609. The molecule has 4 aromatic heterocycles. The predicted molar refractivity (Wildman–Crippen MR) is 249 cm³/mol. The van der Waals surface area contributed by atoms with Crippen molar-refractivity contribution in [1.29, 1.82) is 10.5 Å². The van der Waals surface area contributed by atoms with E-state index >= 15 is 0 Å². The lowest BCUT2D eigenvalue weighted by atomic mass is 9.87. The third kappa shape index (κ3) is 11.3. The van der Waals surface area contributed by atoms with E-state index in [0.717, 1.165) is 105 Å². The fourth-order valence-electron chi connectivity index (χ4n) is 8.99. The van der Waals surface area contributed by atoms with E-state index in [-0.39, 0.29) is 52.9 Å². The van der Waals surface area contributed by atoms with Crippen molar-refractivity contribution in [3.8, 4) is 12.1 Å². The van der Waals surface area contributed by atoms with Gasteiger partial charge in [0.15, 0.2) is 0 Å². The lowest BCUT2D eigenvalue weighted by Crippen LogP contribution is -2.54. The Labute approximate surface area is 389 Å². The first kappa shape index (κ1) is 48.9. The number of piperidine rings is 2. The second-order valence-electron chi connectivity index (χ2n) is 19.9. The Kier molecular flexibility index (Phi) is 15.0. The SMILES string of the molecule is CC(C)(C)Cn1c(CBr)cc2cnc(C#N)nc21.CCCN1CCC2(CC1)NC(=O)N(Cc1cc3cnc(C#N)nc3n1CC(C)(C)C)C2=O.CCCN1CCC2(CC1)NC(=O)NC2=O. The zero-order chi connectivity index (χ0) is 47.3. The number of fused-ring (bicyclic) bond motifs is 2. The average molecular weight is 956 g/mol. The van der Waals surface area contributed by atoms with Crippen LogP contribution in [0.1, 0.15) is 117 Å². The van der Waals surface area contributed by atoms with Gasteiger partial charge < -0.3 is 29.6 Å². The Bertz CT molecular complexity index is 2490. The number of amides is 6. The summed E-state index contributed by atoms with van der Waals surface area (Å²) in [7, 11) is 0. The van der Waals surface area contributed by atoms with Gasteiger partial charge in [-0.3, -0.25) is 19.8 Å². The minimum Gasteiger partial charge on any atom is -0.328 e. The van der Waals surface area contributed by atoms with Crippen molar-refractivity contribution in [2.75, 3.05) is 39.3 Å². The highest BCUT2D eigenvalue weighted by Crippen LogP contribution is 2.33. The minimum atomic E-state index is -0.796. The van der Waals surface area contributed by atoms with Crippen LogP contribution < -0.4 is 16.0 Å². The Morgan fingerprint density at radius 2 is 1.17 bits per heavy atom. The first-order valence-electron chi connectivity index (χ1n) is 22.6. The van der Waals surface area contributed by atoms with Crippen LogP contribution >= 0.6 is 15.9 Å². The molecule has 65 heavy (non-hydrogen) atoms. The minimum absolute atomic E-state index is 0.0664. The van der Waals surface area contributed by atoms with Gasteiger partial charge in [-0.05, 0) is 74.6 Å². The van der Waals surface area contributed by atoms with Crippen LogP contribution in [0.2, 0.25) is 0 Å². The highest BCUT2D eigenvalue weighted by Gasteiger charge is 2.52. The molecule has 4 fully saturated rings. The van der Waals surface area contributed by atoms with Gasteiger partial charge in [0.2, 0.25) is 11.6 Å². The number of aromatic nitrogens is 6. The summed E-state index contributed by atoms with van der Waals surface area (Å²) >= 11 is 3.50. The summed E-state index contributed by atoms with van der Waals surface area (Å²) in [5.74, 6) is 0.0284. The van der Waals surface area contributed by atoms with E-state index in [1.807, 2.05) is 22.8 Å². The Morgan fingerprint density at radius 1 is 0.708 bits per heavy atom. The van der Waals surface area contributed by atoms with E-state index in [2.05, 4.69) is 128 Å². The molecule has 0 radical (unpaired) electrons. The van der Waals surface area contributed by atoms with E-state index in [0.29, 0.717) is 25.0 Å². The van der Waals surface area contributed by atoms with Crippen molar-refractivity contribution in [3.05, 3.63) is 47.6 Å². The van der Waals surface area contributed by atoms with Crippen molar-refractivity contribution in [2.45, 2.75) is 130 Å². The zero-order valence-corrected chi connectivity index (χ0v) is 40.6. The summed E-state index contributed by atoms with van der Waals surface area (Å²) in [6, 6.07) is 7.28. The molecule has 0 atom stereocenters. The molecule has 4 aliphatic rings. The van der Waals surface area contributed by atoms with Crippen LogP contribution in [-0.2, 0) is 34.6 Å². The van der Waals surface area contributed by atoms with E-state index in [1.165, 1.54) is 4.90 Å². The summed E-state index contributed by atoms with van der Waals surface area (Å²) in [5, 5.41) is 28.7. The second kappa shape index (κ2) is 19.9. The summed E-state index contributed by atoms with van der Waals surface area (Å²) < 4.78 is 4.17. The maximum Gasteiger partial charge on any atom is 0.325 e. The van der Waals surface area contributed by atoms with Gasteiger partial charge in [0.05, 0.1) is 6.54 Å². The van der Waals surface area contributed by atoms with E-state index < -0.39 is 11.1 Å². The van der Waals surface area contributed by atoms with Gasteiger partial charge in [-0.25, -0.2) is 29.5 Å². The number of rotatable bonds is 9. The van der Waals surface area contributed by atoms with E-state index in [4.69, 9.17) is 5.26 Å². The van der Waals surface area contributed by atoms with Gasteiger partial charge in [-0.15, -0.1) is 0 Å². The van der Waals surface area contributed by atoms with Crippen LogP contribution in [0.4, 0.5) is 9.59 Å². The van der Waals surface area contributed by atoms with Gasteiger partial charge in [0.1, 0.15) is 34.5 Å². The molecule has 2 spiro atoms. The number of likely N-dealkylation sites (tertiary alicyclic amines) is 2. The van der Waals surface area contributed by atoms with Gasteiger partial charge >= 0.3 is 12.1 Å². The van der Waals surface area contributed by atoms with Crippen molar-refractivity contribution in [1.82, 2.24) is 59.7 Å². The van der Waals surface area contributed by atoms with Crippen LogP contribution in [0.3, 0.4) is 0 Å². The average Bonchev–Trinajstić information content (AvgIpc) is 3.93. The first-order valence-corrected chi connectivity index (χ1v) is 23.7. The molecule has 3 N–H and O–H groups in total. The highest BCUT2D eigenvalue weighted by atomic mass is 79.9. The van der Waals surface area contributed by atoms with Gasteiger partial charge in [-0.2, -0.15) is 10.5 Å². The molecular formula is C46H63BrN14O4. The number of imide groups is 2. The quantitative estimate of drug-likeness (QED) is 0.131. The van der Waals surface area contributed by atoms with Gasteiger partial charge in [0, 0.05) is 79.2 Å². The Balaban J connectivity index is 0.000000178. The van der Waals surface area contributed by atoms with Crippen molar-refractivity contribution in [2.24, 2.45) is 10.8 Å². The maximum absolute atomic E-state index is 13.4. The number of urea groups is 2. The number of nitrogens with one attached hydrogen (secondary N) is 3. The molecule has 0 aliphatic carbocycles. The van der Waals surface area contributed by atoms with Crippen molar-refractivity contribution >= 4 is 61.9 Å². The molecule has 4 saturated heterocycles. The fourth-order valence-corrected chi connectivity index (χ4v) is 9.45. The van der Waals surface area contributed by atoms with Crippen LogP contribution in [0, 0.1) is 33.5 Å². The van der Waals surface area contributed by atoms with Crippen LogP contribution in [-0.4, -0.2) is 118 Å². The number of nitrogens with zero attached hydrogens (tertiary/aromatic N) is 11. The number of hydrogen-bond donors (Lipinski definition) is 3. The number of carbonyl (C=O) groups excluding carboxylic acids is 4. The predicted octanol–water partition coefficient (Wildman–Crippen LogP) is 5.96. The van der Waals surface area contributed by atoms with Crippen LogP contribution in [0.15, 0.2) is 24.5 Å². The molecule has 18 nitrogen and oxygen atoms in total. The molecule has 6 amide bonds. The number of alkyl halides is 1. The standard InChI is InChI=1S/C23H31N7O2.C13H15BrN4.C10H17N3O2/c1-5-8-28-9-6-23(7-10-28)20(31)29(21(32)27-23)14-17-11-16-13-25-18(12-24)26-19(16)30(17)15-22(2,3)4;1-13(2,3)8-18-10(5-14)4-9-7-16-11(6-15)17-12(9)18;1-2-5-13-6-3-10(4-7-13)8(14)11-9(15)12-10/h11,13H,5-10,14-15H2,1-4H3,(H,27,32);4,7H,5,8H2,1-3H3;2-7H2,1H3,(H2,11,12,14,15). The molecule has 0 saturated carbocycles. The molecule has 0 bridgehead atoms. The molecule has 0 aromatic carbocycles. The largest absolute Gasteiger partial charge is 0.328 e. The summed E-state index contributed by atoms with van der Waals surface area (Å²) in [6.07, 6.45) is 8.27. The lowest BCUT2D eigenvalue weighted by Gasteiger charge is -2.37. The monoisotopic (exact) mass is 954 g/mol. The zero-order valence-electron chi connectivity index (χ0n) is 39.1. The summed E-state index contributed by atoms with van der Waals surface area (Å²) in [4.78, 5) is 71.8. The van der Waals surface area contributed by atoms with Crippen molar-refractivity contribution in [3.63, 3.8) is 0 Å². The summed E-state index contributed by atoms with van der Waals surface area (Å²) in [6.45, 7) is 24.3. The molecule has 4 aromatic rings. The third-order valence-corrected chi connectivity index (χ3v) is 12.7. The Hall–Kier alpha value is -5.50. The Morgan fingerprint density at radius 3 is 1.58 bits per heavy atom. The molecule has 8 rings (SSSR count). The molecule has 4 aliphatic heterocycles. The van der Waals surface area contributed by atoms with Crippen LogP contribution in [0.5, 0.6) is 0 Å². The number of hydrogen-bond acceptors (Lipinski definition) is 12. The number of halogens is 1. The molecule has 0 unspecified atom stereocenters.